The Bertz CT molecular complexity index is 1090. The third-order valence-electron chi connectivity index (χ3n) is 4.38. The molecule has 27 heavy (non-hydrogen) atoms. The highest BCUT2D eigenvalue weighted by Gasteiger charge is 2.32. The summed E-state index contributed by atoms with van der Waals surface area (Å²) in [6.07, 6.45) is 0.509. The van der Waals surface area contributed by atoms with Gasteiger partial charge in [0.25, 0.3) is 5.91 Å². The fourth-order valence-corrected chi connectivity index (χ4v) is 5.95. The highest BCUT2D eigenvalue weighted by molar-refractivity contribution is 9.10. The molecular weight excluding hydrogens is 450 g/mol. The maximum Gasteiger partial charge on any atom is 0.276 e. The van der Waals surface area contributed by atoms with Crippen molar-refractivity contribution in [2.75, 3.05) is 16.8 Å². The smallest absolute Gasteiger partial charge is 0.276 e. The van der Waals surface area contributed by atoms with Crippen molar-refractivity contribution in [1.82, 2.24) is 9.78 Å². The molecule has 1 amide bonds. The van der Waals surface area contributed by atoms with Crippen molar-refractivity contribution in [2.24, 2.45) is 0 Å². The van der Waals surface area contributed by atoms with Crippen molar-refractivity contribution in [2.45, 2.75) is 12.5 Å². The van der Waals surface area contributed by atoms with E-state index in [9.17, 15) is 13.2 Å². The Balaban J connectivity index is 1.68. The molecule has 1 aliphatic rings. The second-order valence-electron chi connectivity index (χ2n) is 6.36. The second kappa shape index (κ2) is 7.21. The van der Waals surface area contributed by atoms with Gasteiger partial charge in [-0.3, -0.25) is 9.48 Å². The van der Waals surface area contributed by atoms with Crippen LogP contribution in [0.25, 0.3) is 10.6 Å². The van der Waals surface area contributed by atoms with Crippen LogP contribution in [0.2, 0.25) is 0 Å². The first-order chi connectivity index (χ1) is 12.9. The van der Waals surface area contributed by atoms with E-state index in [0.29, 0.717) is 12.1 Å². The van der Waals surface area contributed by atoms with E-state index in [2.05, 4.69) is 26.3 Å². The van der Waals surface area contributed by atoms with Crippen LogP contribution in [0, 0.1) is 0 Å². The molecule has 0 aliphatic carbocycles. The average Bonchev–Trinajstić information content (AvgIpc) is 3.32. The third kappa shape index (κ3) is 3.99. The molecule has 1 fully saturated rings. The summed E-state index contributed by atoms with van der Waals surface area (Å²) in [5.74, 6) is -0.119. The average molecular weight is 466 g/mol. The van der Waals surface area contributed by atoms with Gasteiger partial charge in [0.05, 0.1) is 28.1 Å². The zero-order valence-electron chi connectivity index (χ0n) is 14.1. The largest absolute Gasteiger partial charge is 0.321 e. The molecule has 0 spiro atoms. The van der Waals surface area contributed by atoms with Crippen LogP contribution in [-0.2, 0) is 9.84 Å². The Hall–Kier alpha value is -1.97. The van der Waals surface area contributed by atoms with Gasteiger partial charge in [-0.25, -0.2) is 8.42 Å². The molecule has 6 nitrogen and oxygen atoms in total. The molecule has 1 N–H and O–H groups in total. The fourth-order valence-electron chi connectivity index (χ4n) is 3.12. The molecule has 1 atom stereocenters. The van der Waals surface area contributed by atoms with Gasteiger partial charge in [-0.05, 0) is 42.1 Å². The number of carbonyl (C=O) groups excluding carboxylic acids is 1. The molecule has 1 aromatic carbocycles. The molecule has 1 aliphatic heterocycles. The first kappa shape index (κ1) is 18.4. The van der Waals surface area contributed by atoms with Gasteiger partial charge < -0.3 is 5.32 Å². The molecule has 3 aromatic rings. The maximum absolute atomic E-state index is 12.7. The van der Waals surface area contributed by atoms with Crippen LogP contribution in [0.3, 0.4) is 0 Å². The van der Waals surface area contributed by atoms with E-state index in [1.165, 1.54) is 11.3 Å². The predicted molar refractivity (Wildman–Crippen MR) is 110 cm³/mol. The van der Waals surface area contributed by atoms with Gasteiger partial charge >= 0.3 is 0 Å². The summed E-state index contributed by atoms with van der Waals surface area (Å²) in [6, 6.07) is 12.6. The number of anilines is 1. The topological polar surface area (TPSA) is 81.1 Å². The summed E-state index contributed by atoms with van der Waals surface area (Å²) < 4.78 is 26.4. The molecule has 2 aromatic heterocycles. The maximum atomic E-state index is 12.7. The number of carbonyl (C=O) groups is 1. The number of nitrogens with zero attached hydrogens (tertiary/aromatic N) is 2. The van der Waals surface area contributed by atoms with E-state index < -0.39 is 9.84 Å². The predicted octanol–water partition coefficient (Wildman–Crippen LogP) is 3.99. The minimum atomic E-state index is -3.06. The van der Waals surface area contributed by atoms with E-state index >= 15 is 0 Å². The lowest BCUT2D eigenvalue weighted by Crippen LogP contribution is -2.16. The normalized spacial score (nSPS) is 18.5. The quantitative estimate of drug-likeness (QED) is 0.631. The Morgan fingerprint density at radius 1 is 1.26 bits per heavy atom. The summed E-state index contributed by atoms with van der Waals surface area (Å²) in [4.78, 5) is 13.6. The van der Waals surface area contributed by atoms with Crippen LogP contribution < -0.4 is 5.32 Å². The number of rotatable bonds is 4. The minimum Gasteiger partial charge on any atom is -0.321 e. The Morgan fingerprint density at radius 2 is 2.11 bits per heavy atom. The lowest BCUT2D eigenvalue weighted by molar-refractivity contribution is 0.102. The lowest BCUT2D eigenvalue weighted by Gasteiger charge is -2.12. The van der Waals surface area contributed by atoms with Crippen LogP contribution in [0.1, 0.15) is 23.0 Å². The molecule has 9 heteroatoms. The summed E-state index contributed by atoms with van der Waals surface area (Å²) in [6.45, 7) is 0. The highest BCUT2D eigenvalue weighted by atomic mass is 79.9. The Labute approximate surface area is 169 Å². The Kier molecular flexibility index (Phi) is 4.92. The van der Waals surface area contributed by atoms with E-state index in [-0.39, 0.29) is 29.1 Å². The second-order valence-corrected chi connectivity index (χ2v) is 10.5. The van der Waals surface area contributed by atoms with Gasteiger partial charge in [0, 0.05) is 10.2 Å². The van der Waals surface area contributed by atoms with E-state index in [1.807, 2.05) is 29.6 Å². The highest BCUT2D eigenvalue weighted by Crippen LogP contribution is 2.32. The monoisotopic (exact) mass is 465 g/mol. The van der Waals surface area contributed by atoms with Crippen molar-refractivity contribution in [3.05, 3.63) is 58.0 Å². The summed E-state index contributed by atoms with van der Waals surface area (Å²) in [7, 11) is -3.06. The van der Waals surface area contributed by atoms with Gasteiger partial charge in [-0.2, -0.15) is 5.10 Å². The number of hydrogen-bond acceptors (Lipinski definition) is 5. The first-order valence-electron chi connectivity index (χ1n) is 8.32. The molecular formula is C18H16BrN3O3S2. The van der Waals surface area contributed by atoms with E-state index in [4.69, 9.17) is 0 Å². The minimum absolute atomic E-state index is 0.0553. The van der Waals surface area contributed by atoms with Gasteiger partial charge in [0.1, 0.15) is 0 Å². The van der Waals surface area contributed by atoms with Crippen molar-refractivity contribution >= 4 is 48.7 Å². The standard InChI is InChI=1S/C18H16BrN3O3S2/c19-12-3-1-4-13(9-12)20-18(23)15-10-16(17-5-2-7-26-17)22(21-15)14-6-8-27(24,25)11-14/h1-5,7,9-10,14H,6,8,11H2,(H,20,23)/t14-/m1/s1. The molecule has 0 bridgehead atoms. The zero-order chi connectivity index (χ0) is 19.0. The summed E-state index contributed by atoms with van der Waals surface area (Å²) in [5, 5.41) is 9.24. The van der Waals surface area contributed by atoms with Crippen molar-refractivity contribution < 1.29 is 13.2 Å². The van der Waals surface area contributed by atoms with Gasteiger partial charge in [-0.15, -0.1) is 11.3 Å². The van der Waals surface area contributed by atoms with Gasteiger partial charge in [0.2, 0.25) is 0 Å². The number of aromatic nitrogens is 2. The van der Waals surface area contributed by atoms with Crippen LogP contribution in [0.15, 0.2) is 52.3 Å². The number of benzene rings is 1. The number of halogens is 1. The van der Waals surface area contributed by atoms with Crippen LogP contribution in [0.5, 0.6) is 0 Å². The number of hydrogen-bond donors (Lipinski definition) is 1. The zero-order valence-corrected chi connectivity index (χ0v) is 17.4. The van der Waals surface area contributed by atoms with E-state index in [0.717, 1.165) is 15.0 Å². The number of nitrogens with one attached hydrogen (secondary N) is 1. The fraction of sp³-hybridized carbons (Fsp3) is 0.222. The summed E-state index contributed by atoms with van der Waals surface area (Å²) >= 11 is 4.91. The van der Waals surface area contributed by atoms with Crippen LogP contribution >= 0.6 is 27.3 Å². The Morgan fingerprint density at radius 3 is 2.78 bits per heavy atom. The molecule has 0 saturated carbocycles. The molecule has 0 unspecified atom stereocenters. The first-order valence-corrected chi connectivity index (χ1v) is 11.8. The lowest BCUT2D eigenvalue weighted by atomic mass is 10.2. The van der Waals surface area contributed by atoms with Crippen LogP contribution in [0.4, 0.5) is 5.69 Å². The van der Waals surface area contributed by atoms with Crippen molar-refractivity contribution in [3.8, 4) is 10.6 Å². The van der Waals surface area contributed by atoms with Gasteiger partial charge in [-0.1, -0.05) is 28.1 Å². The van der Waals surface area contributed by atoms with Gasteiger partial charge in [0.15, 0.2) is 15.5 Å². The SMILES string of the molecule is O=C(Nc1cccc(Br)c1)c1cc(-c2cccs2)n([C@@H]2CCS(=O)(=O)C2)n1. The summed E-state index contributed by atoms with van der Waals surface area (Å²) in [5.41, 5.74) is 1.69. The molecule has 3 heterocycles. The third-order valence-corrected chi connectivity index (χ3v) is 7.51. The van der Waals surface area contributed by atoms with Crippen molar-refractivity contribution in [3.63, 3.8) is 0 Å². The van der Waals surface area contributed by atoms with E-state index in [1.54, 1.807) is 22.9 Å². The molecule has 0 radical (unpaired) electrons. The number of thiophene rings is 1. The van der Waals surface area contributed by atoms with Crippen molar-refractivity contribution in [1.29, 1.82) is 0 Å². The molecule has 4 rings (SSSR count). The number of amides is 1. The molecule has 1 saturated heterocycles. The molecule has 140 valence electrons. The number of sulfone groups is 1. The van der Waals surface area contributed by atoms with Crippen LogP contribution in [-0.4, -0.2) is 35.6 Å².